The van der Waals surface area contributed by atoms with Gasteiger partial charge in [0.15, 0.2) is 0 Å². The van der Waals surface area contributed by atoms with Crippen LogP contribution in [0.15, 0.2) is 18.2 Å². The van der Waals surface area contributed by atoms with Gasteiger partial charge in [0.2, 0.25) is 0 Å². The van der Waals surface area contributed by atoms with E-state index in [1.165, 1.54) is 6.92 Å². The van der Waals surface area contributed by atoms with Crippen molar-refractivity contribution in [3.05, 3.63) is 35.1 Å². The topological polar surface area (TPSA) is 0 Å². The molecule has 0 N–H and O–H groups in total. The molecule has 0 aromatic heterocycles. The second-order valence-electron chi connectivity index (χ2n) is 3.49. The minimum absolute atomic E-state index is 0.0499. The molecule has 0 amide bonds. The maximum Gasteiger partial charge on any atom is 0.455 e. The summed E-state index contributed by atoms with van der Waals surface area (Å²) in [6.07, 6.45) is -5.75. The zero-order valence-corrected chi connectivity index (χ0v) is 9.21. The predicted molar refractivity (Wildman–Crippen MR) is 50.7 cm³/mol. The summed E-state index contributed by atoms with van der Waals surface area (Å²) in [6.45, 7) is 1.24. The molecule has 0 bridgehead atoms. The number of halogens is 7. The highest BCUT2D eigenvalue weighted by Gasteiger charge is 2.62. The van der Waals surface area contributed by atoms with Crippen LogP contribution in [-0.4, -0.2) is 12.1 Å². The Balaban J connectivity index is 3.12. The van der Waals surface area contributed by atoms with Gasteiger partial charge in [-0.1, -0.05) is 12.1 Å². The summed E-state index contributed by atoms with van der Waals surface area (Å²) in [4.78, 5) is 0. The number of hydrogen-bond donors (Lipinski definition) is 0. The molecule has 1 unspecified atom stereocenters. The van der Waals surface area contributed by atoms with Crippen LogP contribution >= 0.6 is 11.6 Å². The summed E-state index contributed by atoms with van der Waals surface area (Å²) in [5, 5.41) is -2.58. The fourth-order valence-corrected chi connectivity index (χ4v) is 1.44. The van der Waals surface area contributed by atoms with Gasteiger partial charge in [-0.05, 0) is 24.1 Å². The molecule has 0 spiro atoms. The predicted octanol–water partition coefficient (Wildman–Crippen LogP) is 4.61. The maximum atomic E-state index is 12.9. The Kier molecular flexibility index (Phi) is 3.66. The van der Waals surface area contributed by atoms with Gasteiger partial charge in [0.25, 0.3) is 0 Å². The first kappa shape index (κ1) is 14.2. The van der Waals surface area contributed by atoms with E-state index in [1.54, 1.807) is 0 Å². The van der Waals surface area contributed by atoms with E-state index in [4.69, 9.17) is 11.6 Å². The highest BCUT2D eigenvalue weighted by atomic mass is 35.5. The minimum atomic E-state index is -5.75. The summed E-state index contributed by atoms with van der Waals surface area (Å²) in [5.74, 6) is -5.77. The Bertz CT molecular complexity index is 412. The largest absolute Gasteiger partial charge is 0.455 e. The van der Waals surface area contributed by atoms with Gasteiger partial charge in [-0.25, -0.2) is 4.39 Å². The fourth-order valence-electron chi connectivity index (χ4n) is 1.18. The van der Waals surface area contributed by atoms with Crippen LogP contribution in [0, 0.1) is 12.7 Å². The van der Waals surface area contributed by atoms with Crippen molar-refractivity contribution in [1.29, 1.82) is 0 Å². The van der Waals surface area contributed by atoms with E-state index in [2.05, 4.69) is 0 Å². The molecule has 0 fully saturated rings. The van der Waals surface area contributed by atoms with Crippen LogP contribution in [0.3, 0.4) is 0 Å². The third-order valence-corrected chi connectivity index (χ3v) is 2.70. The molecular weight excluding hydrogens is 270 g/mol. The van der Waals surface area contributed by atoms with E-state index in [0.717, 1.165) is 18.2 Å². The lowest BCUT2D eigenvalue weighted by Crippen LogP contribution is -2.40. The quantitative estimate of drug-likeness (QED) is 0.546. The van der Waals surface area contributed by atoms with E-state index in [9.17, 15) is 26.3 Å². The summed E-state index contributed by atoms with van der Waals surface area (Å²) in [6, 6.07) is 2.47. The first-order chi connectivity index (χ1) is 7.57. The van der Waals surface area contributed by atoms with E-state index >= 15 is 0 Å². The van der Waals surface area contributed by atoms with Crippen molar-refractivity contribution in [3.63, 3.8) is 0 Å². The molecule has 0 aliphatic rings. The average Bonchev–Trinajstić information content (AvgIpc) is 2.19. The highest BCUT2D eigenvalue weighted by Crippen LogP contribution is 2.47. The summed E-state index contributed by atoms with van der Waals surface area (Å²) >= 11 is 5.11. The van der Waals surface area contributed by atoms with Gasteiger partial charge >= 0.3 is 12.1 Å². The maximum absolute atomic E-state index is 12.9. The third kappa shape index (κ3) is 2.68. The molecule has 0 nitrogen and oxygen atoms in total. The second kappa shape index (κ2) is 4.40. The molecule has 1 rings (SSSR count). The average molecular weight is 277 g/mol. The molecule has 0 aliphatic heterocycles. The van der Waals surface area contributed by atoms with E-state index < -0.39 is 28.9 Å². The molecule has 17 heavy (non-hydrogen) atoms. The molecule has 7 heteroatoms. The van der Waals surface area contributed by atoms with Crippen molar-refractivity contribution >= 4 is 11.6 Å². The monoisotopic (exact) mass is 276 g/mol. The van der Waals surface area contributed by atoms with Crippen molar-refractivity contribution in [2.45, 2.75) is 24.4 Å². The van der Waals surface area contributed by atoms with Gasteiger partial charge in [0.1, 0.15) is 11.2 Å². The van der Waals surface area contributed by atoms with E-state index in [-0.39, 0.29) is 5.56 Å². The van der Waals surface area contributed by atoms with Crippen LogP contribution in [0.2, 0.25) is 0 Å². The van der Waals surface area contributed by atoms with Gasteiger partial charge in [0.05, 0.1) is 0 Å². The Morgan fingerprint density at radius 2 is 1.65 bits per heavy atom. The zero-order chi connectivity index (χ0) is 13.4. The Labute approximate surface area is 98.2 Å². The molecule has 1 atom stereocenters. The van der Waals surface area contributed by atoms with Crippen molar-refractivity contribution in [3.8, 4) is 0 Å². The first-order valence-electron chi connectivity index (χ1n) is 4.42. The van der Waals surface area contributed by atoms with Gasteiger partial charge in [0, 0.05) is 0 Å². The van der Waals surface area contributed by atoms with Crippen LogP contribution in [0.5, 0.6) is 0 Å². The lowest BCUT2D eigenvalue weighted by molar-refractivity contribution is -0.283. The van der Waals surface area contributed by atoms with Crippen LogP contribution in [0.1, 0.15) is 16.5 Å². The lowest BCUT2D eigenvalue weighted by atomic mass is 10.0. The molecular formula is C10H7ClF6. The lowest BCUT2D eigenvalue weighted by Gasteiger charge is -2.24. The number of hydrogen-bond acceptors (Lipinski definition) is 0. The van der Waals surface area contributed by atoms with Crippen LogP contribution in [0.25, 0.3) is 0 Å². The SMILES string of the molecule is Cc1cc(C(Cl)C(F)(F)C(F)(F)F)ccc1F. The summed E-state index contributed by atoms with van der Waals surface area (Å²) < 4.78 is 74.7. The van der Waals surface area contributed by atoms with Crippen molar-refractivity contribution < 1.29 is 26.3 Å². The highest BCUT2D eigenvalue weighted by molar-refractivity contribution is 6.21. The summed E-state index contributed by atoms with van der Waals surface area (Å²) in [7, 11) is 0. The standard InChI is InChI=1S/C10H7ClF6/c1-5-4-6(2-3-7(5)12)8(11)9(13,14)10(15,16)17/h2-4,8H,1H3. The second-order valence-corrected chi connectivity index (χ2v) is 3.93. The molecule has 0 saturated carbocycles. The van der Waals surface area contributed by atoms with E-state index in [1.807, 2.05) is 0 Å². The zero-order valence-electron chi connectivity index (χ0n) is 8.46. The Morgan fingerprint density at radius 1 is 1.12 bits per heavy atom. The molecule has 1 aromatic carbocycles. The number of aryl methyl sites for hydroxylation is 1. The van der Waals surface area contributed by atoms with Crippen LogP contribution in [-0.2, 0) is 0 Å². The van der Waals surface area contributed by atoms with Crippen molar-refractivity contribution in [1.82, 2.24) is 0 Å². The number of rotatable bonds is 2. The molecule has 0 aliphatic carbocycles. The number of alkyl halides is 6. The molecule has 0 heterocycles. The minimum Gasteiger partial charge on any atom is -0.207 e. The fraction of sp³-hybridized carbons (Fsp3) is 0.400. The molecule has 96 valence electrons. The Morgan fingerprint density at radius 3 is 2.06 bits per heavy atom. The van der Waals surface area contributed by atoms with Gasteiger partial charge < -0.3 is 0 Å². The van der Waals surface area contributed by atoms with Crippen molar-refractivity contribution in [2.75, 3.05) is 0 Å². The van der Waals surface area contributed by atoms with E-state index in [0.29, 0.717) is 0 Å². The molecule has 0 saturated heterocycles. The normalized spacial score (nSPS) is 14.8. The van der Waals surface area contributed by atoms with Crippen molar-refractivity contribution in [2.24, 2.45) is 0 Å². The first-order valence-corrected chi connectivity index (χ1v) is 4.85. The molecule has 0 radical (unpaired) electrons. The van der Waals surface area contributed by atoms with Crippen LogP contribution < -0.4 is 0 Å². The summed E-state index contributed by atoms with van der Waals surface area (Å²) in [5.41, 5.74) is -0.529. The Hall–Kier alpha value is -0.910. The van der Waals surface area contributed by atoms with Gasteiger partial charge in [-0.2, -0.15) is 22.0 Å². The smallest absolute Gasteiger partial charge is 0.207 e. The van der Waals surface area contributed by atoms with Gasteiger partial charge in [-0.15, -0.1) is 11.6 Å². The van der Waals surface area contributed by atoms with Gasteiger partial charge in [-0.3, -0.25) is 0 Å². The number of benzene rings is 1. The van der Waals surface area contributed by atoms with Crippen LogP contribution in [0.4, 0.5) is 26.3 Å². The third-order valence-electron chi connectivity index (χ3n) is 2.17. The molecule has 1 aromatic rings.